The van der Waals surface area contributed by atoms with Crippen LogP contribution in [0.25, 0.3) is 182 Å². The molecule has 3 nitrogen and oxygen atoms in total. The van der Waals surface area contributed by atoms with Gasteiger partial charge in [-0.05, 0) is 190 Å². The van der Waals surface area contributed by atoms with E-state index in [0.717, 1.165) is 50.4 Å². The fraction of sp³-hybridized carbons (Fsp3) is 0. The maximum atomic E-state index is 2.46. The molecule has 3 aromatic heterocycles. The molecule has 0 saturated heterocycles. The first kappa shape index (κ1) is 52.6. The minimum Gasteiger partial charge on any atom is -0.309 e. The van der Waals surface area contributed by atoms with Crippen molar-refractivity contribution in [2.75, 3.05) is 0 Å². The summed E-state index contributed by atoms with van der Waals surface area (Å²) in [4.78, 5) is 0. The number of fused-ring (bicyclic) bond motifs is 15. The lowest BCUT2D eigenvalue weighted by molar-refractivity contribution is 1.18. The van der Waals surface area contributed by atoms with Crippen molar-refractivity contribution >= 4 is 97.7 Å². The number of hydrogen-bond acceptors (Lipinski definition) is 0. The molecule has 0 amide bonds. The Balaban J connectivity index is 0.766. The molecule has 0 fully saturated rings. The van der Waals surface area contributed by atoms with Crippen LogP contribution in [0.1, 0.15) is 0 Å². The third-order valence-corrected chi connectivity index (χ3v) is 19.6. The zero-order valence-corrected chi connectivity index (χ0v) is 50.8. The molecule has 432 valence electrons. The quantitative estimate of drug-likeness (QED) is 0.137. The zero-order valence-electron chi connectivity index (χ0n) is 50.8. The third-order valence-electron chi connectivity index (χ3n) is 19.6. The van der Waals surface area contributed by atoms with Crippen molar-refractivity contribution in [3.63, 3.8) is 0 Å². The topological polar surface area (TPSA) is 14.8 Å². The molecular formula is C90H57N3. The highest BCUT2D eigenvalue weighted by atomic mass is 15.0. The van der Waals surface area contributed by atoms with E-state index in [9.17, 15) is 0 Å². The van der Waals surface area contributed by atoms with Crippen molar-refractivity contribution in [1.29, 1.82) is 0 Å². The highest BCUT2D eigenvalue weighted by Gasteiger charge is 2.21. The molecule has 0 aliphatic carbocycles. The van der Waals surface area contributed by atoms with E-state index in [-0.39, 0.29) is 0 Å². The number of benzene rings is 16. The highest BCUT2D eigenvalue weighted by Crippen LogP contribution is 2.44. The van der Waals surface area contributed by atoms with Gasteiger partial charge in [0.05, 0.1) is 33.1 Å². The second kappa shape index (κ2) is 21.2. The minimum atomic E-state index is 1.12. The standard InChI is InChI=1S/C90H57N3/c1-4-16-58(17-5-1)67-34-46-79-85(55-67)91(82-49-37-64-22-10-13-25-76(64)88(79)82)73-40-28-61(29-41-73)70-52-71(62-30-42-74(43-31-62)92-83-50-38-65-23-11-14-26-77(65)89(83)80-47-35-68(56-86(80)92)59-18-6-2-7-19-59)54-72(53-70)63-32-44-75(45-33-63)93-84-51-39-66-24-12-15-27-78(66)90(84)81-48-36-69(57-87(81)93)60-20-8-3-9-21-60/h1-57H. The summed E-state index contributed by atoms with van der Waals surface area (Å²) >= 11 is 0. The second-order valence-electron chi connectivity index (χ2n) is 24.8. The van der Waals surface area contributed by atoms with Gasteiger partial charge in [-0.15, -0.1) is 0 Å². The molecule has 0 unspecified atom stereocenters. The first-order valence-corrected chi connectivity index (χ1v) is 32.1. The molecule has 0 aliphatic rings. The number of rotatable bonds is 9. The Morgan fingerprint density at radius 1 is 0.140 bits per heavy atom. The average molecular weight is 1180 g/mol. The molecule has 0 radical (unpaired) electrons. The predicted octanol–water partition coefficient (Wildman–Crippen LogP) is 24.4. The Morgan fingerprint density at radius 3 is 0.677 bits per heavy atom. The van der Waals surface area contributed by atoms with Crippen LogP contribution < -0.4 is 0 Å². The monoisotopic (exact) mass is 1180 g/mol. The molecule has 19 rings (SSSR count). The minimum absolute atomic E-state index is 1.12. The summed E-state index contributed by atoms with van der Waals surface area (Å²) in [6.07, 6.45) is 0. The number of nitrogens with zero attached hydrogens (tertiary/aromatic N) is 3. The van der Waals surface area contributed by atoms with Gasteiger partial charge in [0, 0.05) is 49.4 Å². The van der Waals surface area contributed by atoms with E-state index in [1.165, 1.54) is 131 Å². The Kier molecular flexibility index (Phi) is 12.0. The summed E-state index contributed by atoms with van der Waals surface area (Å²) in [6.45, 7) is 0. The van der Waals surface area contributed by atoms with Crippen LogP contribution in [0.15, 0.2) is 346 Å². The molecule has 0 N–H and O–H groups in total. The summed E-state index contributed by atoms with van der Waals surface area (Å²) in [7, 11) is 0. The van der Waals surface area contributed by atoms with E-state index < -0.39 is 0 Å². The van der Waals surface area contributed by atoms with E-state index in [1.807, 2.05) is 0 Å². The van der Waals surface area contributed by atoms with Crippen LogP contribution in [0.2, 0.25) is 0 Å². The molecule has 93 heavy (non-hydrogen) atoms. The van der Waals surface area contributed by atoms with Gasteiger partial charge in [0.25, 0.3) is 0 Å². The van der Waals surface area contributed by atoms with Gasteiger partial charge in [0.1, 0.15) is 0 Å². The first-order valence-electron chi connectivity index (χ1n) is 32.1. The summed E-state index contributed by atoms with van der Waals surface area (Å²) in [6, 6.07) is 128. The van der Waals surface area contributed by atoms with Crippen LogP contribution in [0, 0.1) is 0 Å². The van der Waals surface area contributed by atoms with E-state index in [2.05, 4.69) is 359 Å². The predicted molar refractivity (Wildman–Crippen MR) is 395 cm³/mol. The van der Waals surface area contributed by atoms with Crippen molar-refractivity contribution in [2.45, 2.75) is 0 Å². The van der Waals surface area contributed by atoms with Gasteiger partial charge in [-0.1, -0.05) is 255 Å². The van der Waals surface area contributed by atoms with Gasteiger partial charge in [-0.3, -0.25) is 0 Å². The Labute approximate surface area is 537 Å². The maximum absolute atomic E-state index is 2.46. The van der Waals surface area contributed by atoms with Crippen molar-refractivity contribution in [3.05, 3.63) is 346 Å². The summed E-state index contributed by atoms with van der Waals surface area (Å²) in [5.74, 6) is 0. The van der Waals surface area contributed by atoms with Crippen LogP contribution >= 0.6 is 0 Å². The van der Waals surface area contributed by atoms with E-state index in [4.69, 9.17) is 0 Å². The van der Waals surface area contributed by atoms with E-state index in [1.54, 1.807) is 0 Å². The first-order chi connectivity index (χ1) is 46.1. The van der Waals surface area contributed by atoms with Crippen LogP contribution in [0.3, 0.4) is 0 Å². The highest BCUT2D eigenvalue weighted by molar-refractivity contribution is 6.24. The maximum Gasteiger partial charge on any atom is 0.0547 e. The molecule has 19 aromatic rings. The molecule has 3 heteroatoms. The van der Waals surface area contributed by atoms with Gasteiger partial charge < -0.3 is 13.7 Å². The van der Waals surface area contributed by atoms with Crippen LogP contribution in [0.5, 0.6) is 0 Å². The van der Waals surface area contributed by atoms with Crippen molar-refractivity contribution in [3.8, 4) is 83.8 Å². The largest absolute Gasteiger partial charge is 0.309 e. The second-order valence-corrected chi connectivity index (χ2v) is 24.8. The van der Waals surface area contributed by atoms with Gasteiger partial charge in [-0.2, -0.15) is 0 Å². The lowest BCUT2D eigenvalue weighted by atomic mass is 9.93. The normalized spacial score (nSPS) is 11.9. The van der Waals surface area contributed by atoms with Crippen molar-refractivity contribution in [2.24, 2.45) is 0 Å². The van der Waals surface area contributed by atoms with Gasteiger partial charge in [0.15, 0.2) is 0 Å². The molecule has 0 spiro atoms. The third kappa shape index (κ3) is 8.59. The molecule has 0 saturated carbocycles. The van der Waals surface area contributed by atoms with Crippen LogP contribution in [-0.4, -0.2) is 13.7 Å². The summed E-state index contributed by atoms with van der Waals surface area (Å²) < 4.78 is 7.38. The Hall–Kier alpha value is -12.3. The fourth-order valence-corrected chi connectivity index (χ4v) is 15.2. The number of hydrogen-bond donors (Lipinski definition) is 0. The summed E-state index contributed by atoms with van der Waals surface area (Å²) in [5.41, 5.74) is 24.5. The van der Waals surface area contributed by atoms with Gasteiger partial charge in [0.2, 0.25) is 0 Å². The zero-order chi connectivity index (χ0) is 61.1. The Morgan fingerprint density at radius 2 is 0.387 bits per heavy atom. The van der Waals surface area contributed by atoms with Crippen molar-refractivity contribution in [1.82, 2.24) is 13.7 Å². The lowest BCUT2D eigenvalue weighted by Crippen LogP contribution is -1.95. The summed E-state index contributed by atoms with van der Waals surface area (Å²) in [5, 5.41) is 15.0. The van der Waals surface area contributed by atoms with Crippen molar-refractivity contribution < 1.29 is 0 Å². The molecule has 0 aliphatic heterocycles. The SMILES string of the molecule is c1ccc(-c2ccc3c4c5ccccc5ccc4n(-c4ccc(-c5cc(-c6ccc(-n7c8cc(-c9ccccc9)ccc8c8c9ccccc9ccc87)cc6)cc(-c6ccc(-n7c8cc(-c9ccccc9)ccc8c8c9ccccc9ccc87)cc6)c5)cc4)c3c2)cc1. The lowest BCUT2D eigenvalue weighted by Gasteiger charge is -2.15. The molecule has 0 bridgehead atoms. The molecule has 16 aromatic carbocycles. The molecule has 0 atom stereocenters. The van der Waals surface area contributed by atoms with E-state index >= 15 is 0 Å². The molecular weight excluding hydrogens is 1120 g/mol. The Bertz CT molecular complexity index is 5550. The number of aromatic nitrogens is 3. The van der Waals surface area contributed by atoms with Crippen LogP contribution in [0.4, 0.5) is 0 Å². The van der Waals surface area contributed by atoms with Crippen LogP contribution in [-0.2, 0) is 0 Å². The van der Waals surface area contributed by atoms with Gasteiger partial charge >= 0.3 is 0 Å². The fourth-order valence-electron chi connectivity index (χ4n) is 15.2. The van der Waals surface area contributed by atoms with Gasteiger partial charge in [-0.25, -0.2) is 0 Å². The smallest absolute Gasteiger partial charge is 0.0547 e. The average Bonchev–Trinajstić information content (AvgIpc) is 1.60. The van der Waals surface area contributed by atoms with E-state index in [0.29, 0.717) is 0 Å². The molecule has 3 heterocycles.